The molecule has 0 bridgehead atoms. The number of carboxylic acids is 1. The van der Waals surface area contributed by atoms with Gasteiger partial charge in [-0.15, -0.1) is 0 Å². The van der Waals surface area contributed by atoms with E-state index in [1.165, 1.54) is 0 Å². The van der Waals surface area contributed by atoms with Crippen molar-refractivity contribution in [1.29, 1.82) is 0 Å². The normalized spacial score (nSPS) is 18.2. The second kappa shape index (κ2) is 7.02. The van der Waals surface area contributed by atoms with E-state index in [-0.39, 0.29) is 12.1 Å². The maximum absolute atomic E-state index is 12.0. The molecule has 1 heterocycles. The van der Waals surface area contributed by atoms with Crippen LogP contribution in [0.15, 0.2) is 30.3 Å². The highest BCUT2D eigenvalue weighted by Crippen LogP contribution is 2.27. The lowest BCUT2D eigenvalue weighted by molar-refractivity contribution is -0.151. The van der Waals surface area contributed by atoms with Crippen LogP contribution in [0.25, 0.3) is 0 Å². The molecular formula is C16H23NO4. The summed E-state index contributed by atoms with van der Waals surface area (Å²) in [6.45, 7) is 5.48. The SMILES string of the molecule is CC(C)NC(CCOC1COC1)(C(=O)O)c1ccccc1. The Hall–Kier alpha value is -1.43. The van der Waals surface area contributed by atoms with Crippen LogP contribution in [0.2, 0.25) is 0 Å². The van der Waals surface area contributed by atoms with E-state index in [0.29, 0.717) is 26.2 Å². The van der Waals surface area contributed by atoms with Crippen LogP contribution in [-0.4, -0.2) is 43.0 Å². The molecule has 1 aromatic carbocycles. The largest absolute Gasteiger partial charge is 0.480 e. The van der Waals surface area contributed by atoms with Gasteiger partial charge in [0.2, 0.25) is 0 Å². The maximum atomic E-state index is 12.0. The maximum Gasteiger partial charge on any atom is 0.328 e. The van der Waals surface area contributed by atoms with Crippen molar-refractivity contribution >= 4 is 5.97 Å². The molecule has 0 aromatic heterocycles. The van der Waals surface area contributed by atoms with Crippen LogP contribution < -0.4 is 5.32 Å². The highest BCUT2D eigenvalue weighted by molar-refractivity contribution is 5.80. The first-order valence-corrected chi connectivity index (χ1v) is 7.30. The molecule has 0 aliphatic carbocycles. The Balaban J connectivity index is 2.15. The molecule has 1 aliphatic heterocycles. The number of hydrogen-bond donors (Lipinski definition) is 2. The van der Waals surface area contributed by atoms with Crippen LogP contribution in [0.1, 0.15) is 25.8 Å². The summed E-state index contributed by atoms with van der Waals surface area (Å²) in [5, 5.41) is 13.0. The zero-order valence-electron chi connectivity index (χ0n) is 12.5. The number of carboxylic acid groups (broad SMARTS) is 1. The van der Waals surface area contributed by atoms with Crippen LogP contribution in [0.4, 0.5) is 0 Å². The van der Waals surface area contributed by atoms with E-state index in [0.717, 1.165) is 5.56 Å². The molecule has 116 valence electrons. The molecular weight excluding hydrogens is 270 g/mol. The van der Waals surface area contributed by atoms with E-state index < -0.39 is 11.5 Å². The van der Waals surface area contributed by atoms with Crippen molar-refractivity contribution in [3.63, 3.8) is 0 Å². The summed E-state index contributed by atoms with van der Waals surface area (Å²) in [5.41, 5.74) is -0.375. The minimum absolute atomic E-state index is 0.0494. The van der Waals surface area contributed by atoms with E-state index in [1.807, 2.05) is 44.2 Å². The molecule has 1 saturated heterocycles. The first kappa shape index (κ1) is 15.9. The van der Waals surface area contributed by atoms with Crippen molar-refractivity contribution < 1.29 is 19.4 Å². The fourth-order valence-corrected chi connectivity index (χ4v) is 2.50. The van der Waals surface area contributed by atoms with Gasteiger partial charge in [-0.25, -0.2) is 4.79 Å². The first-order chi connectivity index (χ1) is 10.0. The smallest absolute Gasteiger partial charge is 0.328 e. The van der Waals surface area contributed by atoms with Gasteiger partial charge in [-0.1, -0.05) is 30.3 Å². The van der Waals surface area contributed by atoms with E-state index in [4.69, 9.17) is 9.47 Å². The predicted molar refractivity (Wildman–Crippen MR) is 79.2 cm³/mol. The summed E-state index contributed by atoms with van der Waals surface area (Å²) in [5.74, 6) is -0.879. The molecule has 1 aromatic rings. The fourth-order valence-electron chi connectivity index (χ4n) is 2.50. The molecule has 5 heteroatoms. The lowest BCUT2D eigenvalue weighted by Crippen LogP contribution is -2.53. The minimum Gasteiger partial charge on any atom is -0.480 e. The van der Waals surface area contributed by atoms with Crippen molar-refractivity contribution in [1.82, 2.24) is 5.32 Å². The van der Waals surface area contributed by atoms with Crippen molar-refractivity contribution in [3.8, 4) is 0 Å². The fraction of sp³-hybridized carbons (Fsp3) is 0.562. The highest BCUT2D eigenvalue weighted by Gasteiger charge is 2.40. The third-order valence-electron chi connectivity index (χ3n) is 3.60. The third-order valence-corrected chi connectivity index (χ3v) is 3.60. The predicted octanol–water partition coefficient (Wildman–Crippen LogP) is 1.77. The summed E-state index contributed by atoms with van der Waals surface area (Å²) in [6.07, 6.45) is 0.479. The Labute approximate surface area is 125 Å². The summed E-state index contributed by atoms with van der Waals surface area (Å²) in [7, 11) is 0. The molecule has 2 rings (SSSR count). The van der Waals surface area contributed by atoms with Gasteiger partial charge in [0.25, 0.3) is 0 Å². The van der Waals surface area contributed by atoms with Gasteiger partial charge < -0.3 is 14.6 Å². The van der Waals surface area contributed by atoms with E-state index in [1.54, 1.807) is 0 Å². The summed E-state index contributed by atoms with van der Waals surface area (Å²) in [4.78, 5) is 12.0. The molecule has 1 unspecified atom stereocenters. The average Bonchev–Trinajstić information content (AvgIpc) is 2.40. The molecule has 1 aliphatic rings. The Morgan fingerprint density at radius 2 is 2.10 bits per heavy atom. The molecule has 0 radical (unpaired) electrons. The van der Waals surface area contributed by atoms with Crippen molar-refractivity contribution in [2.45, 2.75) is 38.0 Å². The molecule has 1 atom stereocenters. The van der Waals surface area contributed by atoms with Gasteiger partial charge in [0, 0.05) is 19.1 Å². The lowest BCUT2D eigenvalue weighted by atomic mass is 9.86. The van der Waals surface area contributed by atoms with E-state index >= 15 is 0 Å². The topological polar surface area (TPSA) is 67.8 Å². The van der Waals surface area contributed by atoms with Crippen LogP contribution in [-0.2, 0) is 19.8 Å². The number of nitrogens with one attached hydrogen (secondary N) is 1. The van der Waals surface area contributed by atoms with Gasteiger partial charge in [0.1, 0.15) is 11.6 Å². The van der Waals surface area contributed by atoms with Crippen LogP contribution in [0, 0.1) is 0 Å². The molecule has 21 heavy (non-hydrogen) atoms. The minimum atomic E-state index is -1.12. The van der Waals surface area contributed by atoms with Gasteiger partial charge >= 0.3 is 5.97 Å². The van der Waals surface area contributed by atoms with Gasteiger partial charge in [-0.05, 0) is 19.4 Å². The summed E-state index contributed by atoms with van der Waals surface area (Å²) >= 11 is 0. The monoisotopic (exact) mass is 293 g/mol. The van der Waals surface area contributed by atoms with Crippen LogP contribution in [0.5, 0.6) is 0 Å². The first-order valence-electron chi connectivity index (χ1n) is 7.30. The Bertz CT molecular complexity index is 459. The molecule has 2 N–H and O–H groups in total. The quantitative estimate of drug-likeness (QED) is 0.764. The second-order valence-corrected chi connectivity index (χ2v) is 5.66. The lowest BCUT2D eigenvalue weighted by Gasteiger charge is -2.34. The molecule has 0 saturated carbocycles. The number of aliphatic carboxylic acids is 1. The van der Waals surface area contributed by atoms with Crippen molar-refractivity contribution in [2.24, 2.45) is 0 Å². The van der Waals surface area contributed by atoms with Crippen LogP contribution in [0.3, 0.4) is 0 Å². The van der Waals surface area contributed by atoms with Crippen molar-refractivity contribution in [2.75, 3.05) is 19.8 Å². The van der Waals surface area contributed by atoms with Crippen molar-refractivity contribution in [3.05, 3.63) is 35.9 Å². The van der Waals surface area contributed by atoms with Gasteiger partial charge in [0.05, 0.1) is 13.2 Å². The second-order valence-electron chi connectivity index (χ2n) is 5.66. The number of benzene rings is 1. The van der Waals surface area contributed by atoms with E-state index in [2.05, 4.69) is 5.32 Å². The Morgan fingerprint density at radius 1 is 1.43 bits per heavy atom. The number of carbonyl (C=O) groups is 1. The Kier molecular flexibility index (Phi) is 5.33. The van der Waals surface area contributed by atoms with Gasteiger partial charge in [-0.3, -0.25) is 5.32 Å². The zero-order chi connectivity index (χ0) is 15.3. The molecule has 1 fully saturated rings. The van der Waals surface area contributed by atoms with Gasteiger partial charge in [-0.2, -0.15) is 0 Å². The third kappa shape index (κ3) is 3.81. The average molecular weight is 293 g/mol. The van der Waals surface area contributed by atoms with Crippen LogP contribution >= 0.6 is 0 Å². The Morgan fingerprint density at radius 3 is 2.57 bits per heavy atom. The van der Waals surface area contributed by atoms with E-state index in [9.17, 15) is 9.90 Å². The highest BCUT2D eigenvalue weighted by atomic mass is 16.6. The number of ether oxygens (including phenoxy) is 2. The summed E-state index contributed by atoms with van der Waals surface area (Å²) in [6, 6.07) is 9.33. The molecule has 0 spiro atoms. The molecule has 5 nitrogen and oxygen atoms in total. The summed E-state index contributed by atoms with van der Waals surface area (Å²) < 4.78 is 10.7. The molecule has 0 amide bonds. The number of rotatable bonds is 8. The zero-order valence-corrected chi connectivity index (χ0v) is 12.5. The number of hydrogen-bond acceptors (Lipinski definition) is 4. The standard InChI is InChI=1S/C16H23NO4/c1-12(2)17-16(15(18)19,13-6-4-3-5-7-13)8-9-21-14-10-20-11-14/h3-7,12,14,17H,8-11H2,1-2H3,(H,18,19). The van der Waals surface area contributed by atoms with Gasteiger partial charge in [0.15, 0.2) is 0 Å².